The minimum atomic E-state index is 0.610. The smallest absolute Gasteiger partial charge is 0.0210 e. The Labute approximate surface area is 98.1 Å². The quantitative estimate of drug-likeness (QED) is 0.722. The van der Waals surface area contributed by atoms with Crippen LogP contribution in [0.5, 0.6) is 0 Å². The fourth-order valence-corrected chi connectivity index (χ4v) is 2.83. The predicted molar refractivity (Wildman–Crippen MR) is 66.1 cm³/mol. The highest BCUT2D eigenvalue weighted by Crippen LogP contribution is 2.43. The maximum absolute atomic E-state index is 3.60. The lowest BCUT2D eigenvalue weighted by atomic mass is 9.74. The Kier molecular flexibility index (Phi) is 2.14. The first-order valence-corrected chi connectivity index (χ1v) is 5.98. The van der Waals surface area contributed by atoms with E-state index in [0.29, 0.717) is 5.92 Å². The summed E-state index contributed by atoms with van der Waals surface area (Å²) >= 11 is 3.60. The Balaban J connectivity index is 2.02. The Hall–Kier alpha value is -1.08. The van der Waals surface area contributed by atoms with Gasteiger partial charge in [-0.25, -0.2) is 0 Å². The molecule has 2 aromatic rings. The van der Waals surface area contributed by atoms with Gasteiger partial charge in [0.15, 0.2) is 0 Å². The second-order valence-electron chi connectivity index (χ2n) is 3.98. The van der Waals surface area contributed by atoms with Crippen LogP contribution in [-0.4, -0.2) is 0 Å². The third kappa shape index (κ3) is 1.42. The predicted octanol–water partition coefficient (Wildman–Crippen LogP) is 4.14. The zero-order chi connectivity index (χ0) is 10.3. The van der Waals surface area contributed by atoms with Crippen molar-refractivity contribution in [3.63, 3.8) is 0 Å². The van der Waals surface area contributed by atoms with Crippen LogP contribution in [0.2, 0.25) is 0 Å². The zero-order valence-electron chi connectivity index (χ0n) is 8.28. The molecule has 0 aliphatic heterocycles. The van der Waals surface area contributed by atoms with Crippen molar-refractivity contribution in [3.8, 4) is 0 Å². The fraction of sp³-hybridized carbons (Fsp3) is 0.143. The second-order valence-corrected chi connectivity index (χ2v) is 4.83. The molecular weight excluding hydrogens is 248 g/mol. The number of fused-ring (bicyclic) bond motifs is 1. The largest absolute Gasteiger partial charge is 0.0622 e. The van der Waals surface area contributed by atoms with Gasteiger partial charge < -0.3 is 0 Å². The van der Waals surface area contributed by atoms with Crippen LogP contribution in [0.1, 0.15) is 22.6 Å². The van der Waals surface area contributed by atoms with E-state index in [4.69, 9.17) is 0 Å². The summed E-state index contributed by atoms with van der Waals surface area (Å²) in [6, 6.07) is 17.2. The van der Waals surface area contributed by atoms with Gasteiger partial charge in [0.05, 0.1) is 0 Å². The lowest BCUT2D eigenvalue weighted by molar-refractivity contribution is 0.703. The van der Waals surface area contributed by atoms with Gasteiger partial charge in [0, 0.05) is 10.4 Å². The molecule has 1 atom stereocenters. The van der Waals surface area contributed by atoms with Crippen molar-refractivity contribution < 1.29 is 0 Å². The van der Waals surface area contributed by atoms with Gasteiger partial charge in [-0.1, -0.05) is 58.4 Å². The lowest BCUT2D eigenvalue weighted by Gasteiger charge is -2.31. The standard InChI is InChI=1S/C14H11Br/c15-14-8-4-7-11-12(9-13(11)14)10-5-2-1-3-6-10/h1-8,12H,9H2/t12-/m0/s1. The molecule has 0 amide bonds. The first-order valence-electron chi connectivity index (χ1n) is 5.18. The third-order valence-corrected chi connectivity index (χ3v) is 3.88. The van der Waals surface area contributed by atoms with E-state index < -0.39 is 0 Å². The van der Waals surface area contributed by atoms with Gasteiger partial charge in [-0.2, -0.15) is 0 Å². The third-order valence-electron chi connectivity index (χ3n) is 3.14. The number of hydrogen-bond donors (Lipinski definition) is 0. The molecule has 1 aliphatic carbocycles. The molecule has 0 saturated heterocycles. The molecule has 0 radical (unpaired) electrons. The average molecular weight is 259 g/mol. The molecule has 0 unspecified atom stereocenters. The SMILES string of the molecule is Brc1cccc2c1C[C@H]2c1ccccc1. The summed E-state index contributed by atoms with van der Waals surface area (Å²) in [7, 11) is 0. The van der Waals surface area contributed by atoms with Crippen LogP contribution in [0.4, 0.5) is 0 Å². The van der Waals surface area contributed by atoms with Gasteiger partial charge in [-0.15, -0.1) is 0 Å². The topological polar surface area (TPSA) is 0 Å². The van der Waals surface area contributed by atoms with E-state index in [1.165, 1.54) is 27.6 Å². The molecule has 0 nitrogen and oxygen atoms in total. The molecule has 0 bridgehead atoms. The number of halogens is 1. The molecular formula is C14H11Br. The monoisotopic (exact) mass is 258 g/mol. The van der Waals surface area contributed by atoms with Gasteiger partial charge in [-0.3, -0.25) is 0 Å². The van der Waals surface area contributed by atoms with E-state index in [9.17, 15) is 0 Å². The van der Waals surface area contributed by atoms with Crippen LogP contribution in [0, 0.1) is 0 Å². The highest BCUT2D eigenvalue weighted by Gasteiger charge is 2.28. The molecule has 3 rings (SSSR count). The molecule has 1 heteroatoms. The van der Waals surface area contributed by atoms with Crippen molar-refractivity contribution >= 4 is 15.9 Å². The molecule has 0 spiro atoms. The van der Waals surface area contributed by atoms with E-state index in [1.807, 2.05) is 0 Å². The van der Waals surface area contributed by atoms with E-state index in [-0.39, 0.29) is 0 Å². The molecule has 0 heterocycles. The van der Waals surface area contributed by atoms with Gasteiger partial charge in [-0.05, 0) is 29.2 Å². The summed E-state index contributed by atoms with van der Waals surface area (Å²) in [5.41, 5.74) is 4.39. The molecule has 1 aliphatic rings. The van der Waals surface area contributed by atoms with Gasteiger partial charge in [0.2, 0.25) is 0 Å². The number of rotatable bonds is 1. The first-order chi connectivity index (χ1) is 7.36. The normalized spacial score (nSPS) is 18.1. The molecule has 74 valence electrons. The van der Waals surface area contributed by atoms with Crippen molar-refractivity contribution in [2.75, 3.05) is 0 Å². The fourth-order valence-electron chi connectivity index (χ4n) is 2.28. The highest BCUT2D eigenvalue weighted by molar-refractivity contribution is 9.10. The van der Waals surface area contributed by atoms with Crippen molar-refractivity contribution in [2.45, 2.75) is 12.3 Å². The van der Waals surface area contributed by atoms with Crippen LogP contribution < -0.4 is 0 Å². The number of hydrogen-bond acceptors (Lipinski definition) is 0. The highest BCUT2D eigenvalue weighted by atomic mass is 79.9. The van der Waals surface area contributed by atoms with E-state index in [0.717, 1.165) is 0 Å². The molecule has 0 saturated carbocycles. The average Bonchev–Trinajstić information content (AvgIpc) is 2.23. The van der Waals surface area contributed by atoms with Gasteiger partial charge in [0.1, 0.15) is 0 Å². The Morgan fingerprint density at radius 1 is 0.933 bits per heavy atom. The van der Waals surface area contributed by atoms with Crippen LogP contribution in [0.15, 0.2) is 53.0 Å². The van der Waals surface area contributed by atoms with Crippen molar-refractivity contribution in [1.29, 1.82) is 0 Å². The minimum absolute atomic E-state index is 0.610. The van der Waals surface area contributed by atoms with Crippen LogP contribution in [0.3, 0.4) is 0 Å². The van der Waals surface area contributed by atoms with Crippen molar-refractivity contribution in [1.82, 2.24) is 0 Å². The van der Waals surface area contributed by atoms with Crippen molar-refractivity contribution in [2.24, 2.45) is 0 Å². The second kappa shape index (κ2) is 3.49. The summed E-state index contributed by atoms with van der Waals surface area (Å²) in [5.74, 6) is 0.610. The van der Waals surface area contributed by atoms with Crippen LogP contribution in [-0.2, 0) is 6.42 Å². The number of benzene rings is 2. The Bertz CT molecular complexity index is 488. The maximum Gasteiger partial charge on any atom is 0.0210 e. The van der Waals surface area contributed by atoms with Crippen LogP contribution >= 0.6 is 15.9 Å². The van der Waals surface area contributed by atoms with E-state index in [2.05, 4.69) is 64.5 Å². The summed E-state index contributed by atoms with van der Waals surface area (Å²) in [5, 5.41) is 0. The Morgan fingerprint density at radius 3 is 2.53 bits per heavy atom. The Morgan fingerprint density at radius 2 is 1.73 bits per heavy atom. The van der Waals surface area contributed by atoms with Gasteiger partial charge >= 0.3 is 0 Å². The zero-order valence-corrected chi connectivity index (χ0v) is 9.87. The minimum Gasteiger partial charge on any atom is -0.0622 e. The maximum atomic E-state index is 3.60. The molecule has 2 aromatic carbocycles. The summed E-state index contributed by atoms with van der Waals surface area (Å²) < 4.78 is 1.26. The molecule has 0 N–H and O–H groups in total. The summed E-state index contributed by atoms with van der Waals surface area (Å²) in [6.45, 7) is 0. The molecule has 0 aromatic heterocycles. The van der Waals surface area contributed by atoms with Gasteiger partial charge in [0.25, 0.3) is 0 Å². The van der Waals surface area contributed by atoms with Crippen molar-refractivity contribution in [3.05, 3.63) is 69.7 Å². The summed E-state index contributed by atoms with van der Waals surface area (Å²) in [6.07, 6.45) is 1.17. The molecule has 0 fully saturated rings. The first kappa shape index (κ1) is 9.17. The molecule has 15 heavy (non-hydrogen) atoms. The van der Waals surface area contributed by atoms with E-state index >= 15 is 0 Å². The van der Waals surface area contributed by atoms with E-state index in [1.54, 1.807) is 0 Å². The van der Waals surface area contributed by atoms with Crippen LogP contribution in [0.25, 0.3) is 0 Å². The summed E-state index contributed by atoms with van der Waals surface area (Å²) in [4.78, 5) is 0. The lowest BCUT2D eigenvalue weighted by Crippen LogP contribution is -2.18.